The maximum atomic E-state index is 12.7. The van der Waals surface area contributed by atoms with E-state index in [1.165, 1.54) is 7.11 Å². The fourth-order valence-corrected chi connectivity index (χ4v) is 2.89. The number of nitrogens with zero attached hydrogens (tertiary/aromatic N) is 2. The molecule has 1 aromatic carbocycles. The van der Waals surface area contributed by atoms with Gasteiger partial charge in [0.15, 0.2) is 0 Å². The van der Waals surface area contributed by atoms with Crippen LogP contribution < -0.4 is 0 Å². The minimum absolute atomic E-state index is 0.00727. The minimum Gasteiger partial charge on any atom is -0.481 e. The third-order valence-electron chi connectivity index (χ3n) is 4.27. The van der Waals surface area contributed by atoms with Crippen molar-refractivity contribution in [2.45, 2.75) is 12.6 Å². The molecule has 0 aliphatic carbocycles. The second kappa shape index (κ2) is 6.90. The van der Waals surface area contributed by atoms with E-state index in [2.05, 4.69) is 0 Å². The second-order valence-corrected chi connectivity index (χ2v) is 5.98. The van der Waals surface area contributed by atoms with Gasteiger partial charge in [0, 0.05) is 26.3 Å². The zero-order chi connectivity index (χ0) is 19.7. The number of nitro groups is 1. The predicted molar refractivity (Wildman–Crippen MR) is 80.6 cm³/mol. The number of hydrogen-bond donors (Lipinski definition) is 1. The molecule has 1 atom stereocenters. The highest BCUT2D eigenvalue weighted by atomic mass is 19.4. The van der Waals surface area contributed by atoms with E-state index in [4.69, 9.17) is 4.74 Å². The van der Waals surface area contributed by atoms with Crippen molar-refractivity contribution < 1.29 is 37.5 Å². The number of nitro benzene ring substituents is 1. The summed E-state index contributed by atoms with van der Waals surface area (Å²) in [4.78, 5) is 35.2. The van der Waals surface area contributed by atoms with Crippen LogP contribution in [0.15, 0.2) is 18.2 Å². The Balaban J connectivity index is 2.36. The number of halogens is 3. The van der Waals surface area contributed by atoms with Crippen LogP contribution in [-0.2, 0) is 15.7 Å². The topological polar surface area (TPSA) is 110 Å². The van der Waals surface area contributed by atoms with Gasteiger partial charge in [0.25, 0.3) is 11.6 Å². The predicted octanol–water partition coefficient (Wildman–Crippen LogP) is 2.18. The van der Waals surface area contributed by atoms with E-state index in [1.807, 2.05) is 0 Å². The fourth-order valence-electron chi connectivity index (χ4n) is 2.89. The van der Waals surface area contributed by atoms with E-state index >= 15 is 0 Å². The number of carbonyl (C=O) groups is 2. The summed E-state index contributed by atoms with van der Waals surface area (Å²) in [6.07, 6.45) is -4.73. The number of amides is 1. The highest BCUT2D eigenvalue weighted by Gasteiger charge is 2.47. The van der Waals surface area contributed by atoms with E-state index in [1.54, 1.807) is 0 Å². The van der Waals surface area contributed by atoms with Crippen molar-refractivity contribution in [3.8, 4) is 0 Å². The van der Waals surface area contributed by atoms with Gasteiger partial charge in [-0.05, 0) is 18.6 Å². The summed E-state index contributed by atoms with van der Waals surface area (Å²) in [5.41, 5.74) is -4.11. The van der Waals surface area contributed by atoms with Crippen LogP contribution in [0.3, 0.4) is 0 Å². The molecule has 26 heavy (non-hydrogen) atoms. The first-order valence-electron chi connectivity index (χ1n) is 7.39. The lowest BCUT2D eigenvalue weighted by atomic mass is 9.88. The summed E-state index contributed by atoms with van der Waals surface area (Å²) in [6, 6.07) is 1.61. The number of aliphatic carboxylic acids is 1. The van der Waals surface area contributed by atoms with Crippen LogP contribution in [0.4, 0.5) is 18.9 Å². The molecule has 1 saturated heterocycles. The number of benzene rings is 1. The summed E-state index contributed by atoms with van der Waals surface area (Å²) >= 11 is 0. The van der Waals surface area contributed by atoms with Crippen LogP contribution in [0.2, 0.25) is 0 Å². The molecular formula is C15H15F3N2O6. The molecule has 0 saturated carbocycles. The first kappa shape index (κ1) is 19.6. The van der Waals surface area contributed by atoms with Gasteiger partial charge in [-0.3, -0.25) is 19.7 Å². The third kappa shape index (κ3) is 3.62. The average Bonchev–Trinajstić information content (AvgIpc) is 2.98. The molecule has 1 N–H and O–H groups in total. The maximum absolute atomic E-state index is 12.7. The zero-order valence-corrected chi connectivity index (χ0v) is 13.6. The summed E-state index contributed by atoms with van der Waals surface area (Å²) < 4.78 is 43.1. The van der Waals surface area contributed by atoms with Crippen LogP contribution in [0.5, 0.6) is 0 Å². The standard InChI is InChI=1S/C15H15F3N2O6/c1-26-8-14(13(22)23)4-5-19(7-14)12(21)10-3-2-9(15(16,17)18)6-11(10)20(24)25/h2-3,6H,4-5,7-8H2,1H3,(H,22,23). The highest BCUT2D eigenvalue weighted by Crippen LogP contribution is 2.36. The molecule has 0 radical (unpaired) electrons. The molecule has 0 spiro atoms. The number of carboxylic acids is 1. The van der Waals surface area contributed by atoms with Gasteiger partial charge in [0.1, 0.15) is 11.0 Å². The Morgan fingerprint density at radius 2 is 2.08 bits per heavy atom. The van der Waals surface area contributed by atoms with Crippen molar-refractivity contribution >= 4 is 17.6 Å². The molecule has 1 unspecified atom stereocenters. The molecule has 11 heteroatoms. The van der Waals surface area contributed by atoms with Crippen LogP contribution in [0.1, 0.15) is 22.3 Å². The first-order chi connectivity index (χ1) is 12.0. The Hall–Kier alpha value is -2.69. The molecule has 0 bridgehead atoms. The fraction of sp³-hybridized carbons (Fsp3) is 0.467. The van der Waals surface area contributed by atoms with Crippen LogP contribution in [0.25, 0.3) is 0 Å². The smallest absolute Gasteiger partial charge is 0.416 e. The van der Waals surface area contributed by atoms with Crippen molar-refractivity contribution in [1.82, 2.24) is 4.90 Å². The molecule has 142 valence electrons. The first-order valence-corrected chi connectivity index (χ1v) is 7.39. The van der Waals surface area contributed by atoms with Gasteiger partial charge in [-0.25, -0.2) is 0 Å². The van der Waals surface area contributed by atoms with E-state index in [0.29, 0.717) is 12.1 Å². The van der Waals surface area contributed by atoms with Crippen molar-refractivity contribution in [2.75, 3.05) is 26.8 Å². The number of carbonyl (C=O) groups excluding carboxylic acids is 1. The summed E-state index contributed by atoms with van der Waals surface area (Å²) in [6.45, 7) is -0.429. The van der Waals surface area contributed by atoms with Gasteiger partial charge in [0.2, 0.25) is 0 Å². The molecule has 1 aromatic rings. The molecule has 1 aliphatic heterocycles. The number of rotatable bonds is 5. The van der Waals surface area contributed by atoms with Gasteiger partial charge in [0.05, 0.1) is 17.1 Å². The van der Waals surface area contributed by atoms with Crippen LogP contribution in [-0.4, -0.2) is 53.6 Å². The molecule has 8 nitrogen and oxygen atoms in total. The van der Waals surface area contributed by atoms with Gasteiger partial charge < -0.3 is 14.7 Å². The zero-order valence-electron chi connectivity index (χ0n) is 13.6. The Morgan fingerprint density at radius 3 is 2.58 bits per heavy atom. The minimum atomic E-state index is -4.79. The number of methoxy groups -OCH3 is 1. The maximum Gasteiger partial charge on any atom is 0.416 e. The lowest BCUT2D eigenvalue weighted by Crippen LogP contribution is -2.40. The number of hydrogen-bond acceptors (Lipinski definition) is 5. The van der Waals surface area contributed by atoms with Crippen molar-refractivity contribution in [3.63, 3.8) is 0 Å². The quantitative estimate of drug-likeness (QED) is 0.623. The average molecular weight is 376 g/mol. The summed E-state index contributed by atoms with van der Waals surface area (Å²) in [7, 11) is 1.30. The Labute approximate surface area is 145 Å². The number of ether oxygens (including phenoxy) is 1. The van der Waals surface area contributed by atoms with Crippen LogP contribution >= 0.6 is 0 Å². The normalized spacial score (nSPS) is 20.2. The van der Waals surface area contributed by atoms with E-state index in [9.17, 15) is 38.0 Å². The van der Waals surface area contributed by atoms with Gasteiger partial charge in [-0.15, -0.1) is 0 Å². The second-order valence-electron chi connectivity index (χ2n) is 5.98. The van der Waals surface area contributed by atoms with Crippen LogP contribution in [0, 0.1) is 15.5 Å². The third-order valence-corrected chi connectivity index (χ3v) is 4.27. The summed E-state index contributed by atoms with van der Waals surface area (Å²) in [5.74, 6) is -2.08. The lowest BCUT2D eigenvalue weighted by molar-refractivity contribution is -0.385. The van der Waals surface area contributed by atoms with Gasteiger partial charge >= 0.3 is 12.1 Å². The van der Waals surface area contributed by atoms with E-state index in [-0.39, 0.29) is 26.1 Å². The molecule has 0 aromatic heterocycles. The highest BCUT2D eigenvalue weighted by molar-refractivity contribution is 5.99. The van der Waals surface area contributed by atoms with Crippen molar-refractivity contribution in [1.29, 1.82) is 0 Å². The molecule has 1 amide bonds. The summed E-state index contributed by atoms with van der Waals surface area (Å²) in [5, 5.41) is 20.5. The number of carboxylic acid groups (broad SMARTS) is 1. The SMILES string of the molecule is COCC1(C(=O)O)CCN(C(=O)c2ccc(C(F)(F)F)cc2[N+](=O)[O-])C1. The van der Waals surface area contributed by atoms with Crippen molar-refractivity contribution in [2.24, 2.45) is 5.41 Å². The largest absolute Gasteiger partial charge is 0.481 e. The monoisotopic (exact) mass is 376 g/mol. The number of likely N-dealkylation sites (tertiary alicyclic amines) is 1. The number of alkyl halides is 3. The molecule has 1 aliphatic rings. The van der Waals surface area contributed by atoms with Crippen molar-refractivity contribution in [3.05, 3.63) is 39.4 Å². The lowest BCUT2D eigenvalue weighted by Gasteiger charge is -2.23. The van der Waals surface area contributed by atoms with E-state index in [0.717, 1.165) is 11.0 Å². The van der Waals surface area contributed by atoms with Gasteiger partial charge in [-0.1, -0.05) is 0 Å². The Kier molecular flexibility index (Phi) is 5.21. The van der Waals surface area contributed by atoms with Gasteiger partial charge in [-0.2, -0.15) is 13.2 Å². The molecule has 2 rings (SSSR count). The molecular weight excluding hydrogens is 361 g/mol. The van der Waals surface area contributed by atoms with E-state index < -0.39 is 45.2 Å². The Morgan fingerprint density at radius 1 is 1.42 bits per heavy atom. The molecule has 1 fully saturated rings. The molecule has 1 heterocycles. The Bertz CT molecular complexity index is 751.